The SMILES string of the molecule is CC(C)(C)c1ccc(S(=O)(=O)Nc2cc(C(F)F)nn2-c2cccc3c2CCC=[N+]3O)cc1. The quantitative estimate of drug-likeness (QED) is 0.403. The second-order valence-electron chi connectivity index (χ2n) is 8.89. The van der Waals surface area contributed by atoms with E-state index in [4.69, 9.17) is 0 Å². The molecular weight excluding hydrogens is 450 g/mol. The third-order valence-corrected chi connectivity index (χ3v) is 6.89. The Balaban J connectivity index is 1.77. The Hall–Kier alpha value is -3.27. The van der Waals surface area contributed by atoms with Gasteiger partial charge in [0, 0.05) is 23.3 Å². The van der Waals surface area contributed by atoms with Crippen LogP contribution in [0.15, 0.2) is 53.4 Å². The molecule has 2 heterocycles. The van der Waals surface area contributed by atoms with Crippen LogP contribution in [0, 0.1) is 0 Å². The number of aromatic nitrogens is 2. The lowest BCUT2D eigenvalue weighted by Gasteiger charge is -2.19. The second kappa shape index (κ2) is 8.26. The van der Waals surface area contributed by atoms with Crippen molar-refractivity contribution in [3.05, 3.63) is 65.4 Å². The number of hydrogen-bond donors (Lipinski definition) is 2. The van der Waals surface area contributed by atoms with Gasteiger partial charge >= 0.3 is 0 Å². The van der Waals surface area contributed by atoms with Crippen molar-refractivity contribution < 1.29 is 27.1 Å². The summed E-state index contributed by atoms with van der Waals surface area (Å²) in [5, 5.41) is 14.1. The van der Waals surface area contributed by atoms with E-state index in [1.807, 2.05) is 20.8 Å². The highest BCUT2D eigenvalue weighted by molar-refractivity contribution is 7.92. The van der Waals surface area contributed by atoms with Crippen LogP contribution < -0.4 is 4.72 Å². The van der Waals surface area contributed by atoms with Crippen molar-refractivity contribution in [1.82, 2.24) is 9.78 Å². The molecule has 4 rings (SSSR count). The lowest BCUT2D eigenvalue weighted by Crippen LogP contribution is -2.18. The summed E-state index contributed by atoms with van der Waals surface area (Å²) < 4.78 is 57.6. The van der Waals surface area contributed by atoms with Gasteiger partial charge < -0.3 is 0 Å². The van der Waals surface area contributed by atoms with Gasteiger partial charge in [0.05, 0.1) is 16.1 Å². The van der Waals surface area contributed by atoms with Crippen LogP contribution in [0.25, 0.3) is 5.69 Å². The largest absolute Gasteiger partial charge is 0.285 e. The molecule has 2 N–H and O–H groups in total. The van der Waals surface area contributed by atoms with Gasteiger partial charge in [0.1, 0.15) is 11.5 Å². The van der Waals surface area contributed by atoms with E-state index < -0.39 is 22.1 Å². The first kappa shape index (κ1) is 22.9. The third-order valence-electron chi connectivity index (χ3n) is 5.52. The summed E-state index contributed by atoms with van der Waals surface area (Å²) in [4.78, 5) is 0.00747. The third kappa shape index (κ3) is 4.47. The van der Waals surface area contributed by atoms with E-state index in [1.165, 1.54) is 12.1 Å². The molecule has 1 aliphatic rings. The molecule has 10 heteroatoms. The number of hydrogen-bond acceptors (Lipinski definition) is 4. The van der Waals surface area contributed by atoms with Crippen molar-refractivity contribution in [1.29, 1.82) is 0 Å². The maximum absolute atomic E-state index is 13.5. The number of rotatable bonds is 5. The van der Waals surface area contributed by atoms with Crippen LogP contribution in [-0.4, -0.2) is 34.4 Å². The van der Waals surface area contributed by atoms with Crippen molar-refractivity contribution in [3.8, 4) is 5.69 Å². The van der Waals surface area contributed by atoms with Gasteiger partial charge in [-0.15, -0.1) is 0 Å². The van der Waals surface area contributed by atoms with Gasteiger partial charge in [-0.2, -0.15) is 5.10 Å². The Morgan fingerprint density at radius 2 is 1.85 bits per heavy atom. The lowest BCUT2D eigenvalue weighted by molar-refractivity contribution is -0.711. The maximum atomic E-state index is 13.5. The molecular formula is C23H25F2N4O3S+. The molecule has 0 aliphatic carbocycles. The topological polar surface area (TPSA) is 87.2 Å². The Bertz CT molecular complexity index is 1320. The smallest absolute Gasteiger partial charge is 0.282 e. The summed E-state index contributed by atoms with van der Waals surface area (Å²) in [6, 6.07) is 12.4. The van der Waals surface area contributed by atoms with Gasteiger partial charge in [-0.1, -0.05) is 39.0 Å². The number of benzene rings is 2. The zero-order chi connectivity index (χ0) is 24.0. The highest BCUT2D eigenvalue weighted by Crippen LogP contribution is 2.33. The van der Waals surface area contributed by atoms with E-state index in [0.717, 1.165) is 21.1 Å². The number of nitrogens with zero attached hydrogens (tertiary/aromatic N) is 3. The number of alkyl halides is 2. The fourth-order valence-electron chi connectivity index (χ4n) is 3.75. The molecule has 0 unspecified atom stereocenters. The van der Waals surface area contributed by atoms with Gasteiger partial charge in [-0.3, -0.25) is 9.93 Å². The van der Waals surface area contributed by atoms with E-state index in [1.54, 1.807) is 36.5 Å². The molecule has 1 aromatic heterocycles. The van der Waals surface area contributed by atoms with Crippen LogP contribution in [0.3, 0.4) is 0 Å². The number of fused-ring (bicyclic) bond motifs is 1. The van der Waals surface area contributed by atoms with Crippen molar-refractivity contribution in [3.63, 3.8) is 0 Å². The molecule has 1 aliphatic heterocycles. The maximum Gasteiger partial charge on any atom is 0.282 e. The van der Waals surface area contributed by atoms with Crippen molar-refractivity contribution >= 4 is 27.7 Å². The average Bonchev–Trinajstić information content (AvgIpc) is 3.16. The molecule has 174 valence electrons. The van der Waals surface area contributed by atoms with Crippen LogP contribution in [0.5, 0.6) is 0 Å². The lowest BCUT2D eigenvalue weighted by atomic mass is 9.87. The molecule has 0 fully saturated rings. The highest BCUT2D eigenvalue weighted by atomic mass is 32.2. The van der Waals surface area contributed by atoms with Crippen molar-refractivity contribution in [2.24, 2.45) is 0 Å². The number of anilines is 1. The van der Waals surface area contributed by atoms with Gasteiger partial charge in [0.25, 0.3) is 22.1 Å². The number of halogens is 2. The highest BCUT2D eigenvalue weighted by Gasteiger charge is 2.27. The first-order valence-corrected chi connectivity index (χ1v) is 11.9. The van der Waals surface area contributed by atoms with Gasteiger partial charge in [-0.25, -0.2) is 21.9 Å². The fourth-order valence-corrected chi connectivity index (χ4v) is 4.79. The van der Waals surface area contributed by atoms with Gasteiger partial charge in [0.15, 0.2) is 6.21 Å². The van der Waals surface area contributed by atoms with Crippen LogP contribution in [0.1, 0.15) is 50.4 Å². The predicted molar refractivity (Wildman–Crippen MR) is 121 cm³/mol. The Kier molecular flexibility index (Phi) is 5.73. The molecule has 0 saturated carbocycles. The number of sulfonamides is 1. The van der Waals surface area contributed by atoms with Gasteiger partial charge in [-0.05, 0) is 35.6 Å². The van der Waals surface area contributed by atoms with E-state index in [2.05, 4.69) is 9.82 Å². The summed E-state index contributed by atoms with van der Waals surface area (Å²) >= 11 is 0. The Labute approximate surface area is 191 Å². The van der Waals surface area contributed by atoms with Crippen LogP contribution in [-0.2, 0) is 21.9 Å². The predicted octanol–water partition coefficient (Wildman–Crippen LogP) is 4.96. The standard InChI is InChI=1S/C23H25F2N4O3S/c1-23(2,3)15-9-11-16(12-10-15)33(31,32)27-21-14-18(22(24)25)26-29(21)20-8-4-7-19-17(20)6-5-13-28(19)30/h4,7-14,22,27,30H,5-6H2,1-3H3/q+1. The molecule has 0 spiro atoms. The molecule has 0 atom stereocenters. The summed E-state index contributed by atoms with van der Waals surface area (Å²) in [5.41, 5.74) is 1.82. The summed E-state index contributed by atoms with van der Waals surface area (Å²) in [5.74, 6) is -0.113. The van der Waals surface area contributed by atoms with Crippen molar-refractivity contribution in [2.45, 2.75) is 50.3 Å². The molecule has 0 bridgehead atoms. The van der Waals surface area contributed by atoms with E-state index in [0.29, 0.717) is 29.8 Å². The molecule has 3 aromatic rings. The Morgan fingerprint density at radius 3 is 2.48 bits per heavy atom. The summed E-state index contributed by atoms with van der Waals surface area (Å²) in [6.45, 7) is 6.06. The van der Waals surface area contributed by atoms with Crippen LogP contribution in [0.2, 0.25) is 0 Å². The normalized spacial score (nSPS) is 14.2. The van der Waals surface area contributed by atoms with Crippen LogP contribution in [0.4, 0.5) is 20.3 Å². The van der Waals surface area contributed by atoms with Gasteiger partial charge in [0.2, 0.25) is 0 Å². The second-order valence-corrected chi connectivity index (χ2v) is 10.6. The molecule has 2 aromatic carbocycles. The summed E-state index contributed by atoms with van der Waals surface area (Å²) in [7, 11) is -4.07. The first-order chi connectivity index (χ1) is 15.5. The average molecular weight is 476 g/mol. The molecule has 0 saturated heterocycles. The van der Waals surface area contributed by atoms with E-state index >= 15 is 0 Å². The van der Waals surface area contributed by atoms with Crippen molar-refractivity contribution in [2.75, 3.05) is 4.72 Å². The monoisotopic (exact) mass is 475 g/mol. The molecule has 0 radical (unpaired) electrons. The summed E-state index contributed by atoms with van der Waals surface area (Å²) in [6.07, 6.45) is -0.217. The first-order valence-electron chi connectivity index (χ1n) is 10.4. The molecule has 33 heavy (non-hydrogen) atoms. The van der Waals surface area contributed by atoms with Crippen LogP contribution >= 0.6 is 0 Å². The Morgan fingerprint density at radius 1 is 1.15 bits per heavy atom. The van der Waals surface area contributed by atoms with E-state index in [-0.39, 0.29) is 16.1 Å². The number of nitrogens with one attached hydrogen (secondary N) is 1. The minimum absolute atomic E-state index is 0.00747. The molecule has 0 amide bonds. The minimum atomic E-state index is -4.07. The zero-order valence-corrected chi connectivity index (χ0v) is 19.3. The minimum Gasteiger partial charge on any atom is -0.285 e. The zero-order valence-electron chi connectivity index (χ0n) is 18.5. The van der Waals surface area contributed by atoms with E-state index in [9.17, 15) is 22.4 Å². The molecule has 7 nitrogen and oxygen atoms in total. The fraction of sp³-hybridized carbons (Fsp3) is 0.304.